The van der Waals surface area contributed by atoms with Crippen molar-refractivity contribution in [2.45, 2.75) is 78.1 Å². The summed E-state index contributed by atoms with van der Waals surface area (Å²) in [5.41, 5.74) is 0. The molecular formula is C19H38BrNO2. The van der Waals surface area contributed by atoms with Gasteiger partial charge in [0, 0.05) is 12.0 Å². The highest BCUT2D eigenvalue weighted by molar-refractivity contribution is 5.81. The van der Waals surface area contributed by atoms with Crippen molar-refractivity contribution in [1.29, 1.82) is 0 Å². The van der Waals surface area contributed by atoms with Crippen LogP contribution in [0.15, 0.2) is 12.7 Å². The molecule has 0 saturated heterocycles. The normalized spacial score (nSPS) is 11.6. The van der Waals surface area contributed by atoms with Gasteiger partial charge < -0.3 is 27.0 Å². The lowest BCUT2D eigenvalue weighted by Gasteiger charge is -2.15. The molecule has 4 heteroatoms. The molecule has 0 aromatic carbocycles. The van der Waals surface area contributed by atoms with Crippen LogP contribution < -0.4 is 22.3 Å². The van der Waals surface area contributed by atoms with Gasteiger partial charge in [-0.25, -0.2) is 4.79 Å². The zero-order valence-corrected chi connectivity index (χ0v) is 16.9. The third-order valence-corrected chi connectivity index (χ3v) is 4.19. The van der Waals surface area contributed by atoms with Gasteiger partial charge in [-0.3, -0.25) is 0 Å². The topological polar surface area (TPSA) is 42.9 Å². The summed E-state index contributed by atoms with van der Waals surface area (Å²) in [6.45, 7) is 10.7. The van der Waals surface area contributed by atoms with Gasteiger partial charge in [-0.1, -0.05) is 64.9 Å². The lowest BCUT2D eigenvalue weighted by molar-refractivity contribution is -0.657. The highest BCUT2D eigenvalue weighted by Gasteiger charge is 2.11. The smallest absolute Gasteiger partial charge is 0.330 e. The average molecular weight is 392 g/mol. The Morgan fingerprint density at radius 2 is 1.65 bits per heavy atom. The molecule has 0 aliphatic heterocycles. The van der Waals surface area contributed by atoms with Crippen molar-refractivity contribution < 1.29 is 31.8 Å². The van der Waals surface area contributed by atoms with Gasteiger partial charge in [0.2, 0.25) is 0 Å². The van der Waals surface area contributed by atoms with Gasteiger partial charge >= 0.3 is 5.97 Å². The number of halogens is 1. The minimum atomic E-state index is -0.301. The summed E-state index contributed by atoms with van der Waals surface area (Å²) in [6.07, 6.45) is 14.4. The van der Waals surface area contributed by atoms with Crippen LogP contribution in [-0.2, 0) is 9.53 Å². The second-order valence-corrected chi connectivity index (χ2v) is 6.22. The van der Waals surface area contributed by atoms with Gasteiger partial charge in [0.1, 0.15) is 0 Å². The minimum absolute atomic E-state index is 0. The van der Waals surface area contributed by atoms with Crippen LogP contribution in [0, 0.1) is 5.92 Å². The van der Waals surface area contributed by atoms with Crippen molar-refractivity contribution in [3.63, 3.8) is 0 Å². The maximum absolute atomic E-state index is 11.1. The van der Waals surface area contributed by atoms with E-state index in [1.807, 2.05) is 0 Å². The molecule has 0 heterocycles. The lowest BCUT2D eigenvalue weighted by atomic mass is 9.97. The molecule has 0 radical (unpaired) electrons. The van der Waals surface area contributed by atoms with Crippen molar-refractivity contribution in [1.82, 2.24) is 0 Å². The molecule has 0 amide bonds. The van der Waals surface area contributed by atoms with Gasteiger partial charge in [-0.15, -0.1) is 0 Å². The molecule has 138 valence electrons. The Kier molecular flexibility index (Phi) is 21.3. The predicted molar refractivity (Wildman–Crippen MR) is 93.8 cm³/mol. The Morgan fingerprint density at radius 1 is 1.04 bits per heavy atom. The summed E-state index contributed by atoms with van der Waals surface area (Å²) in [4.78, 5) is 11.1. The molecule has 0 aromatic heterocycles. The zero-order valence-electron chi connectivity index (χ0n) is 15.3. The van der Waals surface area contributed by atoms with E-state index in [1.165, 1.54) is 63.9 Å². The van der Waals surface area contributed by atoms with E-state index in [9.17, 15) is 4.79 Å². The molecule has 0 spiro atoms. The molecule has 0 aromatic rings. The molecule has 23 heavy (non-hydrogen) atoms. The van der Waals surface area contributed by atoms with Crippen molar-refractivity contribution in [2.75, 3.05) is 19.7 Å². The monoisotopic (exact) mass is 391 g/mol. The van der Waals surface area contributed by atoms with Crippen LogP contribution in [0.2, 0.25) is 0 Å². The number of quaternary nitrogens is 1. The maximum Gasteiger partial charge on any atom is 0.330 e. The van der Waals surface area contributed by atoms with Crippen LogP contribution in [-0.4, -0.2) is 25.7 Å². The number of rotatable bonds is 16. The molecule has 0 saturated carbocycles. The van der Waals surface area contributed by atoms with Crippen molar-refractivity contribution in [3.8, 4) is 0 Å². The molecule has 3 nitrogen and oxygen atoms in total. The van der Waals surface area contributed by atoms with E-state index >= 15 is 0 Å². The molecule has 0 fully saturated rings. The Labute approximate surface area is 154 Å². The molecule has 1 unspecified atom stereocenters. The summed E-state index contributed by atoms with van der Waals surface area (Å²) in [7, 11) is 0. The Morgan fingerprint density at radius 3 is 2.22 bits per heavy atom. The Hall–Kier alpha value is -0.350. The van der Waals surface area contributed by atoms with E-state index in [-0.39, 0.29) is 23.0 Å². The molecule has 1 atom stereocenters. The summed E-state index contributed by atoms with van der Waals surface area (Å²) >= 11 is 0. The second kappa shape index (κ2) is 19.7. The fourth-order valence-corrected chi connectivity index (χ4v) is 2.73. The Bertz CT molecular complexity index is 272. The summed E-state index contributed by atoms with van der Waals surface area (Å²) < 4.78 is 5.11. The van der Waals surface area contributed by atoms with E-state index in [1.54, 1.807) is 0 Å². The quantitative estimate of drug-likeness (QED) is 0.240. The van der Waals surface area contributed by atoms with Gasteiger partial charge in [0.25, 0.3) is 0 Å². The van der Waals surface area contributed by atoms with Crippen LogP contribution in [0.1, 0.15) is 78.1 Å². The summed E-state index contributed by atoms with van der Waals surface area (Å²) in [5.74, 6) is 0.364. The predicted octanol–water partition coefficient (Wildman–Crippen LogP) is 0.840. The van der Waals surface area contributed by atoms with E-state index in [0.717, 1.165) is 19.5 Å². The number of ether oxygens (including phenoxy) is 1. The van der Waals surface area contributed by atoms with Crippen molar-refractivity contribution in [3.05, 3.63) is 12.7 Å². The van der Waals surface area contributed by atoms with E-state index in [0.29, 0.717) is 12.5 Å². The second-order valence-electron chi connectivity index (χ2n) is 6.22. The van der Waals surface area contributed by atoms with Crippen LogP contribution in [0.3, 0.4) is 0 Å². The largest absolute Gasteiger partial charge is 1.00 e. The van der Waals surface area contributed by atoms with Gasteiger partial charge in [-0.2, -0.15) is 0 Å². The van der Waals surface area contributed by atoms with Crippen LogP contribution in [0.5, 0.6) is 0 Å². The Balaban J connectivity index is 0. The van der Waals surface area contributed by atoms with Gasteiger partial charge in [-0.05, 0) is 19.8 Å². The van der Waals surface area contributed by atoms with Crippen molar-refractivity contribution >= 4 is 5.97 Å². The summed E-state index contributed by atoms with van der Waals surface area (Å²) in [6, 6.07) is 0. The number of hydrogen-bond acceptors (Lipinski definition) is 2. The maximum atomic E-state index is 11.1. The molecule has 0 aliphatic rings. The number of esters is 1. The van der Waals surface area contributed by atoms with Crippen molar-refractivity contribution in [2.24, 2.45) is 5.92 Å². The van der Waals surface area contributed by atoms with E-state index in [2.05, 4.69) is 25.7 Å². The first-order chi connectivity index (χ1) is 10.7. The molecular weight excluding hydrogens is 354 g/mol. The number of hydrogen-bond donors (Lipinski definition) is 1. The fourth-order valence-electron chi connectivity index (χ4n) is 2.73. The SMILES string of the molecule is C=CC(=O)OCCC(CCCCCCCCCC)C[NH2+]CC.[Br-]. The average Bonchev–Trinajstić information content (AvgIpc) is 2.54. The number of nitrogens with two attached hydrogens (primary N) is 1. The molecule has 0 rings (SSSR count). The molecule has 2 N–H and O–H groups in total. The fraction of sp³-hybridized carbons (Fsp3) is 0.842. The van der Waals surface area contributed by atoms with Crippen LogP contribution in [0.4, 0.5) is 0 Å². The van der Waals surface area contributed by atoms with E-state index in [4.69, 9.17) is 4.74 Å². The number of carbonyl (C=O) groups excluding carboxylic acids is 1. The van der Waals surface area contributed by atoms with Crippen LogP contribution in [0.25, 0.3) is 0 Å². The van der Waals surface area contributed by atoms with E-state index < -0.39 is 0 Å². The van der Waals surface area contributed by atoms with Gasteiger partial charge in [0.15, 0.2) is 0 Å². The highest BCUT2D eigenvalue weighted by Crippen LogP contribution is 2.15. The third-order valence-electron chi connectivity index (χ3n) is 4.19. The zero-order chi connectivity index (χ0) is 16.5. The molecule has 0 bridgehead atoms. The minimum Gasteiger partial charge on any atom is -1.00 e. The first kappa shape index (κ1) is 24.9. The molecule has 0 aliphatic carbocycles. The number of carbonyl (C=O) groups is 1. The highest BCUT2D eigenvalue weighted by atomic mass is 79.9. The number of unbranched alkanes of at least 4 members (excludes halogenated alkanes) is 7. The first-order valence-electron chi connectivity index (χ1n) is 9.35. The van der Waals surface area contributed by atoms with Gasteiger partial charge in [0.05, 0.1) is 19.7 Å². The lowest BCUT2D eigenvalue weighted by Crippen LogP contribution is -3.00. The third kappa shape index (κ3) is 17.8. The van der Waals surface area contributed by atoms with Crippen LogP contribution >= 0.6 is 0 Å². The standard InChI is InChI=1S/C19H37NO2.BrH/c1-4-7-8-9-10-11-12-13-14-18(17-20-6-3)15-16-22-19(21)5-2;/h5,18,20H,2,4,6-17H2,1,3H3;1H. The summed E-state index contributed by atoms with van der Waals surface area (Å²) in [5, 5.41) is 2.35. The first-order valence-corrected chi connectivity index (χ1v) is 9.35.